The molecule has 0 amide bonds. The minimum absolute atomic E-state index is 0.271. The van der Waals surface area contributed by atoms with Crippen molar-refractivity contribution >= 4 is 0 Å². The highest BCUT2D eigenvalue weighted by atomic mass is 16.5. The monoisotopic (exact) mass is 293 g/mol. The Balaban J connectivity index is 2.30. The Morgan fingerprint density at radius 2 is 1.71 bits per heavy atom. The smallest absolute Gasteiger partial charge is 0.0720 e. The highest BCUT2D eigenvalue weighted by Gasteiger charge is 2.02. The first kappa shape index (κ1) is 18.1. The zero-order chi connectivity index (χ0) is 15.5. The van der Waals surface area contributed by atoms with E-state index in [1.54, 1.807) is 0 Å². The molecule has 0 radical (unpaired) electrons. The Bertz CT molecular complexity index is 377. The molecule has 1 N–H and O–H groups in total. The summed E-state index contributed by atoms with van der Waals surface area (Å²) < 4.78 is 11.2. The second-order valence-electron chi connectivity index (χ2n) is 6.09. The largest absolute Gasteiger partial charge is 0.376 e. The predicted molar refractivity (Wildman–Crippen MR) is 88.6 cm³/mol. The van der Waals surface area contributed by atoms with Crippen LogP contribution < -0.4 is 5.32 Å². The molecule has 0 spiro atoms. The van der Waals surface area contributed by atoms with Gasteiger partial charge in [-0.3, -0.25) is 0 Å². The van der Waals surface area contributed by atoms with Crippen molar-refractivity contribution in [2.75, 3.05) is 26.3 Å². The van der Waals surface area contributed by atoms with Crippen molar-refractivity contribution in [1.29, 1.82) is 0 Å². The highest BCUT2D eigenvalue weighted by molar-refractivity contribution is 5.26. The fraction of sp³-hybridized carbons (Fsp3) is 0.667. The van der Waals surface area contributed by atoms with E-state index in [1.165, 1.54) is 11.1 Å². The van der Waals surface area contributed by atoms with Gasteiger partial charge in [-0.25, -0.2) is 0 Å². The van der Waals surface area contributed by atoms with Gasteiger partial charge in [0.2, 0.25) is 0 Å². The maximum atomic E-state index is 5.71. The summed E-state index contributed by atoms with van der Waals surface area (Å²) >= 11 is 0. The van der Waals surface area contributed by atoms with Crippen LogP contribution in [0.4, 0.5) is 0 Å². The third-order valence-corrected chi connectivity index (χ3v) is 3.18. The van der Waals surface area contributed by atoms with Gasteiger partial charge >= 0.3 is 0 Å². The van der Waals surface area contributed by atoms with E-state index in [0.717, 1.165) is 19.5 Å². The van der Waals surface area contributed by atoms with Gasteiger partial charge in [0, 0.05) is 0 Å². The molecule has 1 aromatic carbocycles. The van der Waals surface area contributed by atoms with Gasteiger partial charge in [0.15, 0.2) is 0 Å². The van der Waals surface area contributed by atoms with Crippen LogP contribution in [0.25, 0.3) is 0 Å². The van der Waals surface area contributed by atoms with Crippen molar-refractivity contribution in [3.05, 3.63) is 35.4 Å². The minimum atomic E-state index is 0.271. The molecule has 1 rings (SSSR count). The normalized spacial score (nSPS) is 11.5. The van der Waals surface area contributed by atoms with Gasteiger partial charge in [-0.15, -0.1) is 0 Å². The van der Waals surface area contributed by atoms with Crippen LogP contribution in [0.1, 0.15) is 38.8 Å². The number of nitrogens with one attached hydrogen (secondary N) is 1. The lowest BCUT2D eigenvalue weighted by atomic mass is 10.1. The summed E-state index contributed by atoms with van der Waals surface area (Å²) in [7, 11) is 0. The molecule has 0 unspecified atom stereocenters. The quantitative estimate of drug-likeness (QED) is 0.634. The van der Waals surface area contributed by atoms with Crippen molar-refractivity contribution in [2.45, 2.75) is 46.8 Å². The van der Waals surface area contributed by atoms with Crippen molar-refractivity contribution in [3.8, 4) is 0 Å². The Morgan fingerprint density at radius 1 is 1.00 bits per heavy atom. The van der Waals surface area contributed by atoms with E-state index < -0.39 is 0 Å². The first-order valence-corrected chi connectivity index (χ1v) is 8.06. The van der Waals surface area contributed by atoms with Gasteiger partial charge in [-0.05, 0) is 50.4 Å². The van der Waals surface area contributed by atoms with Crippen molar-refractivity contribution < 1.29 is 9.47 Å². The highest BCUT2D eigenvalue weighted by Crippen LogP contribution is 2.10. The number of hydrogen-bond donors (Lipinski definition) is 1. The second-order valence-corrected chi connectivity index (χ2v) is 6.09. The average molecular weight is 293 g/mol. The zero-order valence-corrected chi connectivity index (χ0v) is 14.0. The zero-order valence-electron chi connectivity index (χ0n) is 14.0. The third-order valence-electron chi connectivity index (χ3n) is 3.18. The van der Waals surface area contributed by atoms with E-state index in [2.05, 4.69) is 43.4 Å². The molecule has 0 aliphatic heterocycles. The fourth-order valence-electron chi connectivity index (χ4n) is 2.08. The van der Waals surface area contributed by atoms with Crippen LogP contribution in [0.3, 0.4) is 0 Å². The molecule has 120 valence electrons. The summed E-state index contributed by atoms with van der Waals surface area (Å²) in [6.07, 6.45) is 1.32. The number of ether oxygens (including phenoxy) is 2. The third kappa shape index (κ3) is 8.86. The van der Waals surface area contributed by atoms with Gasteiger partial charge in [0.05, 0.1) is 25.9 Å². The lowest BCUT2D eigenvalue weighted by Gasteiger charge is -2.12. The molecule has 0 aliphatic carbocycles. The Labute approximate surface area is 130 Å². The van der Waals surface area contributed by atoms with Crippen LogP contribution in [-0.4, -0.2) is 32.4 Å². The standard InChI is InChI=1S/C18H31NO2/c1-15(2)13-19-10-9-17-7-5-6-8-18(17)14-20-11-12-21-16(3)4/h5-8,15-16,19H,9-14H2,1-4H3. The first-order chi connectivity index (χ1) is 10.1. The second kappa shape index (κ2) is 10.8. The number of benzene rings is 1. The molecule has 0 aromatic heterocycles. The molecule has 0 fully saturated rings. The van der Waals surface area contributed by atoms with Gasteiger partial charge in [-0.2, -0.15) is 0 Å². The van der Waals surface area contributed by atoms with Crippen molar-refractivity contribution in [3.63, 3.8) is 0 Å². The van der Waals surface area contributed by atoms with Gasteiger partial charge < -0.3 is 14.8 Å². The van der Waals surface area contributed by atoms with Crippen LogP contribution in [0.2, 0.25) is 0 Å². The van der Waals surface area contributed by atoms with E-state index in [0.29, 0.717) is 25.7 Å². The average Bonchev–Trinajstić information content (AvgIpc) is 2.44. The summed E-state index contributed by atoms with van der Waals surface area (Å²) in [4.78, 5) is 0. The molecule has 0 aliphatic rings. The van der Waals surface area contributed by atoms with Gasteiger partial charge in [0.1, 0.15) is 0 Å². The molecule has 0 bridgehead atoms. The van der Waals surface area contributed by atoms with Crippen LogP contribution in [0, 0.1) is 5.92 Å². The number of rotatable bonds is 11. The molecule has 21 heavy (non-hydrogen) atoms. The molecule has 0 heterocycles. The molecule has 3 nitrogen and oxygen atoms in total. The molecule has 3 heteroatoms. The fourth-order valence-corrected chi connectivity index (χ4v) is 2.08. The predicted octanol–water partition coefficient (Wildman–Crippen LogP) is 3.42. The summed E-state index contributed by atoms with van der Waals surface area (Å²) in [5.41, 5.74) is 2.66. The maximum Gasteiger partial charge on any atom is 0.0720 e. The van der Waals surface area contributed by atoms with Gasteiger partial charge in [-0.1, -0.05) is 38.1 Å². The van der Waals surface area contributed by atoms with E-state index >= 15 is 0 Å². The number of hydrogen-bond acceptors (Lipinski definition) is 3. The summed E-state index contributed by atoms with van der Waals surface area (Å²) in [5.74, 6) is 0.699. The molecular formula is C18H31NO2. The molecule has 0 atom stereocenters. The van der Waals surface area contributed by atoms with Crippen molar-refractivity contribution in [1.82, 2.24) is 5.32 Å². The maximum absolute atomic E-state index is 5.71. The van der Waals surface area contributed by atoms with Crippen molar-refractivity contribution in [2.24, 2.45) is 5.92 Å². The van der Waals surface area contributed by atoms with E-state index in [-0.39, 0.29) is 6.10 Å². The lowest BCUT2D eigenvalue weighted by molar-refractivity contribution is 0.0141. The van der Waals surface area contributed by atoms with Crippen LogP contribution in [-0.2, 0) is 22.5 Å². The molecule has 0 saturated heterocycles. The van der Waals surface area contributed by atoms with E-state index in [9.17, 15) is 0 Å². The first-order valence-electron chi connectivity index (χ1n) is 8.06. The molecule has 0 saturated carbocycles. The Morgan fingerprint density at radius 3 is 2.38 bits per heavy atom. The molecule has 1 aromatic rings. The topological polar surface area (TPSA) is 30.5 Å². The Hall–Kier alpha value is -0.900. The van der Waals surface area contributed by atoms with Crippen LogP contribution in [0.15, 0.2) is 24.3 Å². The van der Waals surface area contributed by atoms with E-state index in [1.807, 2.05) is 13.8 Å². The minimum Gasteiger partial charge on any atom is -0.376 e. The SMILES string of the molecule is CC(C)CNCCc1ccccc1COCCOC(C)C. The van der Waals surface area contributed by atoms with Gasteiger partial charge in [0.25, 0.3) is 0 Å². The summed E-state index contributed by atoms with van der Waals surface area (Å²) in [6.45, 7) is 12.6. The van der Waals surface area contributed by atoms with E-state index in [4.69, 9.17) is 9.47 Å². The van der Waals surface area contributed by atoms with Crippen LogP contribution in [0.5, 0.6) is 0 Å². The Kier molecular flexibility index (Phi) is 9.31. The lowest BCUT2D eigenvalue weighted by Crippen LogP contribution is -2.22. The summed E-state index contributed by atoms with van der Waals surface area (Å²) in [5, 5.41) is 3.49. The summed E-state index contributed by atoms with van der Waals surface area (Å²) in [6, 6.07) is 8.53. The van der Waals surface area contributed by atoms with Crippen LogP contribution >= 0.6 is 0 Å². The molecular weight excluding hydrogens is 262 g/mol.